The van der Waals surface area contributed by atoms with Crippen LogP contribution >= 0.6 is 11.6 Å². The molecule has 8 nitrogen and oxygen atoms in total. The van der Waals surface area contributed by atoms with Gasteiger partial charge < -0.3 is 25.4 Å². The maximum absolute atomic E-state index is 9.74. The van der Waals surface area contributed by atoms with Gasteiger partial charge in [-0.05, 0) is 79.7 Å². The minimum Gasteiger partial charge on any atom is -0.368 e. The quantitative estimate of drug-likeness (QED) is 0.388. The van der Waals surface area contributed by atoms with Crippen LogP contribution < -0.4 is 16.0 Å². The fourth-order valence-corrected chi connectivity index (χ4v) is 8.94. The minimum atomic E-state index is -0.286. The topological polar surface area (TPSA) is 104 Å². The Morgan fingerprint density at radius 1 is 1.02 bits per heavy atom. The van der Waals surface area contributed by atoms with E-state index < -0.39 is 0 Å². The van der Waals surface area contributed by atoms with E-state index in [0.29, 0.717) is 41.0 Å². The van der Waals surface area contributed by atoms with Gasteiger partial charge in [-0.3, -0.25) is 0 Å². The second-order valence-corrected chi connectivity index (χ2v) is 13.3. The van der Waals surface area contributed by atoms with Gasteiger partial charge >= 0.3 is 0 Å². The third-order valence-electron chi connectivity index (χ3n) is 10.3. The number of anilines is 2. The second-order valence-electron chi connectivity index (χ2n) is 12.9. The summed E-state index contributed by atoms with van der Waals surface area (Å²) in [6.45, 7) is 2.87. The van der Waals surface area contributed by atoms with Gasteiger partial charge in [0.25, 0.3) is 0 Å². The van der Waals surface area contributed by atoms with Crippen molar-refractivity contribution >= 4 is 23.4 Å². The first-order valence-electron chi connectivity index (χ1n) is 15.0. The fraction of sp³-hybridized carbons (Fsp3) is 0.645. The van der Waals surface area contributed by atoms with Gasteiger partial charge in [-0.25, -0.2) is 4.98 Å². The molecule has 5 atom stereocenters. The average Bonchev–Trinajstić information content (AvgIpc) is 3.42. The number of hydrogen-bond acceptors (Lipinski definition) is 8. The van der Waals surface area contributed by atoms with Gasteiger partial charge in [0.1, 0.15) is 17.5 Å². The highest BCUT2D eigenvalue weighted by Crippen LogP contribution is 2.60. The molecule has 1 saturated heterocycles. The molecular formula is C31H39ClN6O2. The van der Waals surface area contributed by atoms with E-state index in [4.69, 9.17) is 26.1 Å². The Labute approximate surface area is 241 Å². The Morgan fingerprint density at radius 3 is 2.50 bits per heavy atom. The monoisotopic (exact) mass is 562 g/mol. The van der Waals surface area contributed by atoms with Crippen molar-refractivity contribution in [3.63, 3.8) is 0 Å². The molecular weight excluding hydrogens is 524 g/mol. The number of ether oxygens (including phenoxy) is 2. The zero-order valence-corrected chi connectivity index (χ0v) is 23.8. The lowest BCUT2D eigenvalue weighted by Gasteiger charge is -2.61. The zero-order chi connectivity index (χ0) is 27.2. The molecule has 5 aliphatic carbocycles. The van der Waals surface area contributed by atoms with E-state index in [9.17, 15) is 5.26 Å². The molecule has 2 heterocycles. The van der Waals surface area contributed by atoms with Crippen molar-refractivity contribution in [3.8, 4) is 6.07 Å². The molecule has 40 heavy (non-hydrogen) atoms. The van der Waals surface area contributed by atoms with Gasteiger partial charge in [-0.1, -0.05) is 29.8 Å². The summed E-state index contributed by atoms with van der Waals surface area (Å²) >= 11 is 6.31. The third-order valence-corrected chi connectivity index (χ3v) is 10.7. The molecule has 9 heteroatoms. The second kappa shape index (κ2) is 10.8. The third kappa shape index (κ3) is 5.18. The van der Waals surface area contributed by atoms with Gasteiger partial charge in [0, 0.05) is 43.0 Å². The highest BCUT2D eigenvalue weighted by atomic mass is 35.5. The van der Waals surface area contributed by atoms with Crippen molar-refractivity contribution in [3.05, 3.63) is 46.6 Å². The van der Waals surface area contributed by atoms with Crippen LogP contribution in [0.5, 0.6) is 0 Å². The number of halogens is 1. The maximum atomic E-state index is 9.74. The molecule has 8 rings (SSSR count). The Bertz CT molecular complexity index is 1250. The predicted molar refractivity (Wildman–Crippen MR) is 154 cm³/mol. The standard InChI is InChI=1S/C31H39ClN6O2/c32-26-4-2-1-3-21(26)17-34-29-35-18-24(16-33)28(38-29)36-19-30-13-20-11-22(14-30)27(23(12-20)15-30)37-25-5-7-31(8-6-25)39-9-10-40-31/h1-4,18,20,22-23,25,27,37H,5-15,17,19H2,(H2,34,35,36,38)/t20?,22-,23+,27?,30?. The van der Waals surface area contributed by atoms with E-state index in [1.165, 1.54) is 32.1 Å². The summed E-state index contributed by atoms with van der Waals surface area (Å²) in [5, 5.41) is 21.5. The molecule has 3 N–H and O–H groups in total. The number of benzene rings is 1. The number of nitrogens with one attached hydrogen (secondary N) is 3. The van der Waals surface area contributed by atoms with Crippen molar-refractivity contribution in [2.75, 3.05) is 30.4 Å². The normalized spacial score (nSPS) is 32.3. The van der Waals surface area contributed by atoms with E-state index in [0.717, 1.165) is 68.8 Å². The first-order valence-corrected chi connectivity index (χ1v) is 15.4. The molecule has 0 amide bonds. The van der Waals surface area contributed by atoms with Crippen LogP contribution in [0.4, 0.5) is 11.8 Å². The summed E-state index contributed by atoms with van der Waals surface area (Å²) in [5.74, 6) is 3.12. The summed E-state index contributed by atoms with van der Waals surface area (Å²) in [4.78, 5) is 9.06. The molecule has 0 radical (unpaired) electrons. The summed E-state index contributed by atoms with van der Waals surface area (Å²) in [6, 6.07) is 11.2. The first-order chi connectivity index (χ1) is 19.5. The smallest absolute Gasteiger partial charge is 0.224 e. The van der Waals surface area contributed by atoms with E-state index >= 15 is 0 Å². The van der Waals surface area contributed by atoms with Crippen LogP contribution in [-0.4, -0.2) is 47.6 Å². The van der Waals surface area contributed by atoms with Crippen LogP contribution in [0.15, 0.2) is 30.5 Å². The zero-order valence-electron chi connectivity index (χ0n) is 23.0. The van der Waals surface area contributed by atoms with Crippen LogP contribution in [-0.2, 0) is 16.0 Å². The molecule has 212 valence electrons. The Hall–Kier alpha value is -2.44. The number of hydrogen-bond donors (Lipinski definition) is 3. The van der Waals surface area contributed by atoms with E-state index in [1.54, 1.807) is 6.20 Å². The van der Waals surface area contributed by atoms with Gasteiger partial charge in [-0.2, -0.15) is 10.2 Å². The number of rotatable bonds is 8. The molecule has 2 aromatic rings. The van der Waals surface area contributed by atoms with Gasteiger partial charge in [0.2, 0.25) is 5.95 Å². The Balaban J connectivity index is 0.983. The van der Waals surface area contributed by atoms with E-state index in [-0.39, 0.29) is 11.2 Å². The summed E-state index contributed by atoms with van der Waals surface area (Å²) in [5.41, 5.74) is 1.74. The minimum absolute atomic E-state index is 0.277. The molecule has 5 saturated carbocycles. The lowest BCUT2D eigenvalue weighted by molar-refractivity contribution is -0.180. The van der Waals surface area contributed by atoms with Crippen LogP contribution in [0, 0.1) is 34.5 Å². The van der Waals surface area contributed by atoms with Crippen molar-refractivity contribution < 1.29 is 9.47 Å². The van der Waals surface area contributed by atoms with Crippen molar-refractivity contribution in [1.82, 2.24) is 15.3 Å². The summed E-state index contributed by atoms with van der Waals surface area (Å²) in [7, 11) is 0. The molecule has 3 unspecified atom stereocenters. The van der Waals surface area contributed by atoms with Gasteiger partial charge in [0.05, 0.1) is 19.4 Å². The van der Waals surface area contributed by atoms with E-state index in [2.05, 4.69) is 27.0 Å². The van der Waals surface area contributed by atoms with Gasteiger partial charge in [0.15, 0.2) is 5.79 Å². The summed E-state index contributed by atoms with van der Waals surface area (Å²) in [6.07, 6.45) is 12.4. The van der Waals surface area contributed by atoms with Crippen molar-refractivity contribution in [2.45, 2.75) is 82.2 Å². The molecule has 6 fully saturated rings. The van der Waals surface area contributed by atoms with Crippen LogP contribution in [0.2, 0.25) is 5.02 Å². The molecule has 1 aromatic carbocycles. The van der Waals surface area contributed by atoms with Crippen molar-refractivity contribution in [1.29, 1.82) is 5.26 Å². The molecule has 1 spiro atoms. The van der Waals surface area contributed by atoms with Crippen molar-refractivity contribution in [2.24, 2.45) is 23.2 Å². The molecule has 6 aliphatic rings. The SMILES string of the molecule is N#Cc1cnc(NCc2ccccc2Cl)nc1NCC12CC3C[C@H](C1)C(NC1CCC4(CC1)OCCO4)[C@@H](C3)C2. The van der Waals surface area contributed by atoms with Crippen LogP contribution in [0.25, 0.3) is 0 Å². The molecule has 1 aliphatic heterocycles. The fourth-order valence-electron chi connectivity index (χ4n) is 8.73. The number of aromatic nitrogens is 2. The largest absolute Gasteiger partial charge is 0.368 e. The van der Waals surface area contributed by atoms with Crippen LogP contribution in [0.3, 0.4) is 0 Å². The number of nitrogens with zero attached hydrogens (tertiary/aromatic N) is 3. The molecule has 1 aromatic heterocycles. The van der Waals surface area contributed by atoms with Crippen LogP contribution in [0.1, 0.15) is 68.9 Å². The highest BCUT2D eigenvalue weighted by molar-refractivity contribution is 6.31. The predicted octanol–water partition coefficient (Wildman–Crippen LogP) is 5.50. The number of nitriles is 1. The lowest BCUT2D eigenvalue weighted by Crippen LogP contribution is -2.61. The van der Waals surface area contributed by atoms with Gasteiger partial charge in [-0.15, -0.1) is 0 Å². The Kier molecular flexibility index (Phi) is 7.11. The lowest BCUT2D eigenvalue weighted by atomic mass is 9.47. The highest BCUT2D eigenvalue weighted by Gasteiger charge is 2.55. The molecule has 4 bridgehead atoms. The van der Waals surface area contributed by atoms with E-state index in [1.807, 2.05) is 24.3 Å². The average molecular weight is 563 g/mol. The first kappa shape index (κ1) is 26.5. The summed E-state index contributed by atoms with van der Waals surface area (Å²) < 4.78 is 11.9. The Morgan fingerprint density at radius 2 is 1.77 bits per heavy atom. The maximum Gasteiger partial charge on any atom is 0.224 e.